The quantitative estimate of drug-likeness (QED) is 0.795. The van der Waals surface area contributed by atoms with Crippen LogP contribution in [0, 0.1) is 5.92 Å². The van der Waals surface area contributed by atoms with Gasteiger partial charge in [-0.15, -0.1) is 0 Å². The Hall–Kier alpha value is -1.85. The van der Waals surface area contributed by atoms with Gasteiger partial charge in [-0.1, -0.05) is 6.92 Å². The van der Waals surface area contributed by atoms with Crippen LogP contribution >= 0.6 is 0 Å². The van der Waals surface area contributed by atoms with Crippen molar-refractivity contribution < 1.29 is 9.90 Å². The van der Waals surface area contributed by atoms with Gasteiger partial charge in [-0.05, 0) is 20.3 Å². The number of carbonyl (C=O) groups is 1. The monoisotopic (exact) mass is 240 g/mol. The lowest BCUT2D eigenvalue weighted by molar-refractivity contribution is -0.142. The van der Waals surface area contributed by atoms with Gasteiger partial charge in [0.25, 0.3) is 5.56 Å². The molecule has 1 aromatic rings. The van der Waals surface area contributed by atoms with Crippen LogP contribution in [0.4, 0.5) is 0 Å². The minimum atomic E-state index is -0.978. The third kappa shape index (κ3) is 2.64. The van der Waals surface area contributed by atoms with Crippen molar-refractivity contribution in [3.05, 3.63) is 32.6 Å². The Morgan fingerprint density at radius 1 is 1.47 bits per heavy atom. The molecule has 94 valence electrons. The summed E-state index contributed by atoms with van der Waals surface area (Å²) in [6.07, 6.45) is 1.93. The number of aliphatic carboxylic acids is 1. The topological polar surface area (TPSA) is 92.2 Å². The molecule has 0 aliphatic carbocycles. The molecule has 17 heavy (non-hydrogen) atoms. The van der Waals surface area contributed by atoms with Crippen molar-refractivity contribution in [1.29, 1.82) is 0 Å². The molecule has 0 fully saturated rings. The van der Waals surface area contributed by atoms with Crippen molar-refractivity contribution in [3.8, 4) is 0 Å². The Morgan fingerprint density at radius 2 is 2.06 bits per heavy atom. The van der Waals surface area contributed by atoms with E-state index >= 15 is 0 Å². The van der Waals surface area contributed by atoms with Crippen molar-refractivity contribution in [1.82, 2.24) is 9.55 Å². The second-order valence-corrected chi connectivity index (χ2v) is 4.04. The molecule has 6 nitrogen and oxygen atoms in total. The summed E-state index contributed by atoms with van der Waals surface area (Å²) in [6.45, 7) is 4.96. The van der Waals surface area contributed by atoms with Crippen molar-refractivity contribution in [3.63, 3.8) is 0 Å². The summed E-state index contributed by atoms with van der Waals surface area (Å²) < 4.78 is 1.26. The van der Waals surface area contributed by atoms with E-state index in [9.17, 15) is 14.4 Å². The van der Waals surface area contributed by atoms with Crippen molar-refractivity contribution >= 4 is 5.97 Å². The van der Waals surface area contributed by atoms with Gasteiger partial charge in [0.15, 0.2) is 0 Å². The number of nitrogens with one attached hydrogen (secondary N) is 1. The molecule has 0 bridgehead atoms. The molecule has 0 spiro atoms. The fourth-order valence-electron chi connectivity index (χ4n) is 1.53. The highest BCUT2D eigenvalue weighted by molar-refractivity contribution is 5.70. The highest BCUT2D eigenvalue weighted by atomic mass is 16.4. The van der Waals surface area contributed by atoms with Gasteiger partial charge in [-0.25, -0.2) is 4.79 Å². The highest BCUT2D eigenvalue weighted by Gasteiger charge is 2.22. The Balaban J connectivity index is 3.27. The van der Waals surface area contributed by atoms with E-state index < -0.39 is 29.2 Å². The van der Waals surface area contributed by atoms with E-state index in [1.165, 1.54) is 17.7 Å². The molecule has 0 radical (unpaired) electrons. The number of carboxylic acid groups (broad SMARTS) is 1. The van der Waals surface area contributed by atoms with Gasteiger partial charge in [0.1, 0.15) is 0 Å². The molecule has 0 amide bonds. The molecule has 2 atom stereocenters. The number of aryl methyl sites for hydroxylation is 1. The zero-order valence-corrected chi connectivity index (χ0v) is 10.1. The average molecular weight is 240 g/mol. The highest BCUT2D eigenvalue weighted by Crippen LogP contribution is 2.15. The number of carboxylic acids is 1. The number of hydrogen-bond acceptors (Lipinski definition) is 3. The maximum atomic E-state index is 11.6. The lowest BCUT2D eigenvalue weighted by Gasteiger charge is -2.19. The van der Waals surface area contributed by atoms with Crippen molar-refractivity contribution in [2.24, 2.45) is 5.92 Å². The van der Waals surface area contributed by atoms with Crippen LogP contribution in [-0.4, -0.2) is 20.6 Å². The maximum Gasteiger partial charge on any atom is 0.328 e. The van der Waals surface area contributed by atoms with Gasteiger partial charge in [-0.2, -0.15) is 0 Å². The molecular formula is C11H16N2O4. The second kappa shape index (κ2) is 4.99. The molecule has 0 saturated carbocycles. The summed E-state index contributed by atoms with van der Waals surface area (Å²) in [7, 11) is 0. The fourth-order valence-corrected chi connectivity index (χ4v) is 1.53. The summed E-state index contributed by atoms with van der Waals surface area (Å²) >= 11 is 0. The van der Waals surface area contributed by atoms with E-state index in [0.29, 0.717) is 12.0 Å². The summed E-state index contributed by atoms with van der Waals surface area (Å²) in [6, 6.07) is -0.512. The first kappa shape index (κ1) is 13.2. The SMILES string of the molecule is CCc1cn(C(C)C(C)C(=O)O)c(=O)[nH]c1=O. The maximum absolute atomic E-state index is 11.6. The number of aromatic amines is 1. The molecular weight excluding hydrogens is 224 g/mol. The van der Waals surface area contributed by atoms with Gasteiger partial charge < -0.3 is 5.11 Å². The molecule has 6 heteroatoms. The largest absolute Gasteiger partial charge is 0.481 e. The zero-order valence-electron chi connectivity index (χ0n) is 10.1. The van der Waals surface area contributed by atoms with E-state index in [1.54, 1.807) is 13.8 Å². The minimum Gasteiger partial charge on any atom is -0.481 e. The third-order valence-electron chi connectivity index (χ3n) is 2.97. The second-order valence-electron chi connectivity index (χ2n) is 4.04. The molecule has 2 unspecified atom stereocenters. The Kier molecular flexibility index (Phi) is 3.88. The molecule has 2 N–H and O–H groups in total. The van der Waals surface area contributed by atoms with Crippen LogP contribution in [0.3, 0.4) is 0 Å². The smallest absolute Gasteiger partial charge is 0.328 e. The van der Waals surface area contributed by atoms with Crippen molar-refractivity contribution in [2.45, 2.75) is 33.2 Å². The first-order valence-corrected chi connectivity index (χ1v) is 5.45. The Labute approximate surface area is 97.9 Å². The van der Waals surface area contributed by atoms with Gasteiger partial charge in [-0.3, -0.25) is 19.1 Å². The van der Waals surface area contributed by atoms with E-state index in [0.717, 1.165) is 0 Å². The predicted octanol–water partition coefficient (Wildman–Crippen LogP) is 0.381. The van der Waals surface area contributed by atoms with Gasteiger partial charge >= 0.3 is 11.7 Å². The van der Waals surface area contributed by atoms with E-state index in [2.05, 4.69) is 4.98 Å². The molecule has 1 heterocycles. The average Bonchev–Trinajstić information content (AvgIpc) is 2.27. The van der Waals surface area contributed by atoms with Crippen LogP contribution in [-0.2, 0) is 11.2 Å². The standard InChI is InChI=1S/C11H16N2O4/c1-4-8-5-13(11(17)12-9(8)14)7(3)6(2)10(15)16/h5-7H,4H2,1-3H3,(H,15,16)(H,12,14,17). The fraction of sp³-hybridized carbons (Fsp3) is 0.545. The molecule has 0 aromatic carbocycles. The van der Waals surface area contributed by atoms with Crippen LogP contribution in [0.25, 0.3) is 0 Å². The first-order chi connectivity index (χ1) is 7.88. The number of nitrogens with zero attached hydrogens (tertiary/aromatic N) is 1. The van der Waals surface area contributed by atoms with Crippen LogP contribution in [0.15, 0.2) is 15.8 Å². The lowest BCUT2D eigenvalue weighted by Crippen LogP contribution is -2.36. The summed E-state index contributed by atoms with van der Waals surface area (Å²) in [5, 5.41) is 8.90. The van der Waals surface area contributed by atoms with E-state index in [-0.39, 0.29) is 0 Å². The Morgan fingerprint density at radius 3 is 2.53 bits per heavy atom. The van der Waals surface area contributed by atoms with E-state index in [1.807, 2.05) is 0 Å². The molecule has 0 aliphatic rings. The molecule has 1 rings (SSSR count). The predicted molar refractivity (Wildman–Crippen MR) is 62.2 cm³/mol. The van der Waals surface area contributed by atoms with Gasteiger partial charge in [0.2, 0.25) is 0 Å². The Bertz CT molecular complexity index is 529. The van der Waals surface area contributed by atoms with Crippen LogP contribution in [0.2, 0.25) is 0 Å². The van der Waals surface area contributed by atoms with Crippen LogP contribution in [0.1, 0.15) is 32.4 Å². The van der Waals surface area contributed by atoms with Gasteiger partial charge in [0, 0.05) is 17.8 Å². The summed E-state index contributed by atoms with van der Waals surface area (Å²) in [4.78, 5) is 36.0. The number of hydrogen-bond donors (Lipinski definition) is 2. The lowest BCUT2D eigenvalue weighted by atomic mass is 10.0. The summed E-state index contributed by atoms with van der Waals surface area (Å²) in [5.41, 5.74) is -0.522. The molecule has 0 aliphatic heterocycles. The number of rotatable bonds is 4. The zero-order chi connectivity index (χ0) is 13.2. The van der Waals surface area contributed by atoms with Gasteiger partial charge in [0.05, 0.1) is 5.92 Å². The first-order valence-electron chi connectivity index (χ1n) is 5.45. The third-order valence-corrected chi connectivity index (χ3v) is 2.97. The number of aromatic nitrogens is 2. The molecule has 0 saturated heterocycles. The minimum absolute atomic E-state index is 0.413. The molecule has 1 aromatic heterocycles. The van der Waals surface area contributed by atoms with Crippen molar-refractivity contribution in [2.75, 3.05) is 0 Å². The van der Waals surface area contributed by atoms with E-state index in [4.69, 9.17) is 5.11 Å². The normalized spacial score (nSPS) is 14.3. The van der Waals surface area contributed by atoms with Crippen LogP contribution in [0.5, 0.6) is 0 Å². The summed E-state index contributed by atoms with van der Waals surface area (Å²) in [5.74, 6) is -1.68. The number of H-pyrrole nitrogens is 1. The van der Waals surface area contributed by atoms with Crippen LogP contribution < -0.4 is 11.2 Å².